The largest absolute Gasteiger partial charge is 0.299 e. The summed E-state index contributed by atoms with van der Waals surface area (Å²) in [5.41, 5.74) is 3.54. The molecule has 0 heterocycles. The number of terminal acetylenes is 1. The number of hydrogen-bond acceptors (Lipinski definition) is 1. The standard InChI is InChI=1S/C15H18O/c1-4-5-6-7-15(16)11-14-9-12(2)8-13(3)10-14/h1,8-10H,5-7,11H2,2-3H3. The predicted octanol–water partition coefficient (Wildman–Crippen LogP) is 3.22. The number of Topliss-reactive ketones (excluding diaryl/α,β-unsaturated/α-hetero) is 1. The van der Waals surface area contributed by atoms with Gasteiger partial charge in [-0.05, 0) is 25.8 Å². The molecular formula is C15H18O. The van der Waals surface area contributed by atoms with Gasteiger partial charge in [0, 0.05) is 19.3 Å². The van der Waals surface area contributed by atoms with E-state index in [1.807, 2.05) is 0 Å². The third kappa shape index (κ3) is 4.31. The number of benzene rings is 1. The number of carbonyl (C=O) groups excluding carboxylic acids is 1. The molecular weight excluding hydrogens is 196 g/mol. The summed E-state index contributed by atoms with van der Waals surface area (Å²) in [6, 6.07) is 6.27. The quantitative estimate of drug-likeness (QED) is 0.543. The van der Waals surface area contributed by atoms with E-state index in [4.69, 9.17) is 6.42 Å². The molecule has 0 aliphatic rings. The molecule has 0 fully saturated rings. The molecule has 1 heteroatoms. The second-order valence-electron chi connectivity index (χ2n) is 4.27. The predicted molar refractivity (Wildman–Crippen MR) is 67.3 cm³/mol. The van der Waals surface area contributed by atoms with Crippen LogP contribution in [0.25, 0.3) is 0 Å². The lowest BCUT2D eigenvalue weighted by Gasteiger charge is -2.04. The Morgan fingerprint density at radius 1 is 1.25 bits per heavy atom. The molecule has 1 nitrogen and oxygen atoms in total. The minimum Gasteiger partial charge on any atom is -0.299 e. The van der Waals surface area contributed by atoms with Crippen molar-refractivity contribution in [3.63, 3.8) is 0 Å². The lowest BCUT2D eigenvalue weighted by Crippen LogP contribution is -2.02. The normalized spacial score (nSPS) is 9.81. The van der Waals surface area contributed by atoms with E-state index in [-0.39, 0.29) is 5.78 Å². The molecule has 0 saturated heterocycles. The summed E-state index contributed by atoms with van der Waals surface area (Å²) in [5.74, 6) is 2.83. The number of unbranched alkanes of at least 4 members (excludes halogenated alkanes) is 1. The molecule has 0 spiro atoms. The van der Waals surface area contributed by atoms with Crippen LogP contribution >= 0.6 is 0 Å². The Labute approximate surface area is 97.9 Å². The van der Waals surface area contributed by atoms with E-state index in [1.54, 1.807) is 0 Å². The van der Waals surface area contributed by atoms with Gasteiger partial charge in [-0.2, -0.15) is 0 Å². The number of hydrogen-bond donors (Lipinski definition) is 0. The Bertz CT molecular complexity index is 390. The van der Waals surface area contributed by atoms with Gasteiger partial charge in [-0.1, -0.05) is 29.3 Å². The first kappa shape index (κ1) is 12.5. The minimum absolute atomic E-state index is 0.278. The Balaban J connectivity index is 2.53. The smallest absolute Gasteiger partial charge is 0.137 e. The molecule has 0 unspecified atom stereocenters. The van der Waals surface area contributed by atoms with Crippen LogP contribution in [-0.2, 0) is 11.2 Å². The number of rotatable bonds is 5. The van der Waals surface area contributed by atoms with Crippen LogP contribution in [0, 0.1) is 26.2 Å². The molecule has 1 aromatic rings. The maximum absolute atomic E-state index is 11.6. The molecule has 0 N–H and O–H groups in total. The zero-order valence-electron chi connectivity index (χ0n) is 10.0. The summed E-state index contributed by atoms with van der Waals surface area (Å²) in [6.07, 6.45) is 7.77. The van der Waals surface area contributed by atoms with Crippen LogP contribution in [-0.4, -0.2) is 5.78 Å². The van der Waals surface area contributed by atoms with E-state index in [2.05, 4.69) is 38.0 Å². The minimum atomic E-state index is 0.278. The summed E-state index contributed by atoms with van der Waals surface area (Å²) in [6.45, 7) is 4.11. The van der Waals surface area contributed by atoms with Crippen LogP contribution in [0.3, 0.4) is 0 Å². The highest BCUT2D eigenvalue weighted by Crippen LogP contribution is 2.11. The van der Waals surface area contributed by atoms with Crippen LogP contribution in [0.15, 0.2) is 18.2 Å². The van der Waals surface area contributed by atoms with Gasteiger partial charge >= 0.3 is 0 Å². The first-order valence-electron chi connectivity index (χ1n) is 5.64. The fourth-order valence-electron chi connectivity index (χ4n) is 1.87. The van der Waals surface area contributed by atoms with Crippen LogP contribution in [0.4, 0.5) is 0 Å². The van der Waals surface area contributed by atoms with Gasteiger partial charge in [0.2, 0.25) is 0 Å². The van der Waals surface area contributed by atoms with E-state index >= 15 is 0 Å². The lowest BCUT2D eigenvalue weighted by atomic mass is 10.0. The van der Waals surface area contributed by atoms with Crippen molar-refractivity contribution in [1.29, 1.82) is 0 Å². The summed E-state index contributed by atoms with van der Waals surface area (Å²) < 4.78 is 0. The van der Waals surface area contributed by atoms with E-state index in [9.17, 15) is 4.79 Å². The number of ketones is 1. The zero-order valence-corrected chi connectivity index (χ0v) is 10.0. The van der Waals surface area contributed by atoms with Crippen LogP contribution in [0.5, 0.6) is 0 Å². The first-order valence-corrected chi connectivity index (χ1v) is 5.64. The summed E-state index contributed by atoms with van der Waals surface area (Å²) >= 11 is 0. The van der Waals surface area contributed by atoms with Crippen molar-refractivity contribution >= 4 is 5.78 Å². The van der Waals surface area contributed by atoms with Gasteiger partial charge in [0.25, 0.3) is 0 Å². The molecule has 0 radical (unpaired) electrons. The van der Waals surface area contributed by atoms with E-state index in [1.165, 1.54) is 11.1 Å². The lowest BCUT2D eigenvalue weighted by molar-refractivity contribution is -0.118. The van der Waals surface area contributed by atoms with E-state index < -0.39 is 0 Å². The fourth-order valence-corrected chi connectivity index (χ4v) is 1.87. The number of carbonyl (C=O) groups is 1. The van der Waals surface area contributed by atoms with Gasteiger partial charge in [0.15, 0.2) is 0 Å². The molecule has 0 amide bonds. The Kier molecular flexibility index (Phi) is 4.79. The fraction of sp³-hybridized carbons (Fsp3) is 0.400. The average Bonchev–Trinajstić information content (AvgIpc) is 2.16. The van der Waals surface area contributed by atoms with Crippen molar-refractivity contribution < 1.29 is 4.79 Å². The second kappa shape index (κ2) is 6.12. The van der Waals surface area contributed by atoms with E-state index in [0.717, 1.165) is 12.0 Å². The molecule has 0 aliphatic carbocycles. The van der Waals surface area contributed by atoms with E-state index in [0.29, 0.717) is 19.3 Å². The topological polar surface area (TPSA) is 17.1 Å². The van der Waals surface area contributed by atoms with Crippen molar-refractivity contribution in [2.75, 3.05) is 0 Å². The van der Waals surface area contributed by atoms with Gasteiger partial charge in [-0.15, -0.1) is 12.3 Å². The Morgan fingerprint density at radius 3 is 2.44 bits per heavy atom. The third-order valence-corrected chi connectivity index (χ3v) is 2.46. The first-order chi connectivity index (χ1) is 7.61. The summed E-state index contributed by atoms with van der Waals surface area (Å²) in [5, 5.41) is 0. The average molecular weight is 214 g/mol. The summed E-state index contributed by atoms with van der Waals surface area (Å²) in [4.78, 5) is 11.6. The van der Waals surface area contributed by atoms with Gasteiger partial charge in [-0.25, -0.2) is 0 Å². The van der Waals surface area contributed by atoms with Gasteiger partial charge in [0.1, 0.15) is 5.78 Å². The monoisotopic (exact) mass is 214 g/mol. The van der Waals surface area contributed by atoms with Gasteiger partial charge in [-0.3, -0.25) is 4.79 Å². The molecule has 1 rings (SSSR count). The van der Waals surface area contributed by atoms with Crippen molar-refractivity contribution in [2.24, 2.45) is 0 Å². The molecule has 0 saturated carbocycles. The Hall–Kier alpha value is -1.55. The van der Waals surface area contributed by atoms with Crippen molar-refractivity contribution in [2.45, 2.75) is 39.5 Å². The highest BCUT2D eigenvalue weighted by Gasteiger charge is 2.04. The summed E-state index contributed by atoms with van der Waals surface area (Å²) in [7, 11) is 0. The molecule has 0 bridgehead atoms. The third-order valence-electron chi connectivity index (χ3n) is 2.46. The molecule has 0 atom stereocenters. The maximum Gasteiger partial charge on any atom is 0.137 e. The van der Waals surface area contributed by atoms with Crippen LogP contribution in [0.2, 0.25) is 0 Å². The highest BCUT2D eigenvalue weighted by molar-refractivity contribution is 5.80. The molecule has 1 aromatic carbocycles. The molecule has 0 aromatic heterocycles. The molecule has 0 aliphatic heterocycles. The molecule has 84 valence electrons. The van der Waals surface area contributed by atoms with Crippen LogP contribution < -0.4 is 0 Å². The van der Waals surface area contributed by atoms with Crippen molar-refractivity contribution in [3.05, 3.63) is 34.9 Å². The van der Waals surface area contributed by atoms with Crippen LogP contribution in [0.1, 0.15) is 36.0 Å². The SMILES string of the molecule is C#CCCCC(=O)Cc1cc(C)cc(C)c1. The Morgan fingerprint density at radius 2 is 1.88 bits per heavy atom. The zero-order chi connectivity index (χ0) is 12.0. The van der Waals surface area contributed by atoms with Crippen molar-refractivity contribution in [1.82, 2.24) is 0 Å². The molecule has 16 heavy (non-hydrogen) atoms. The van der Waals surface area contributed by atoms with Gasteiger partial charge < -0.3 is 0 Å². The van der Waals surface area contributed by atoms with Gasteiger partial charge in [0.05, 0.1) is 0 Å². The highest BCUT2D eigenvalue weighted by atomic mass is 16.1. The maximum atomic E-state index is 11.6. The van der Waals surface area contributed by atoms with Crippen molar-refractivity contribution in [3.8, 4) is 12.3 Å². The number of aryl methyl sites for hydroxylation is 2. The second-order valence-corrected chi connectivity index (χ2v) is 4.27.